The van der Waals surface area contributed by atoms with Gasteiger partial charge in [-0.1, -0.05) is 25.5 Å². The van der Waals surface area contributed by atoms with E-state index in [0.717, 1.165) is 18.4 Å². The zero-order valence-electron chi connectivity index (χ0n) is 7.80. The number of allylic oxidation sites excluding steroid dienone is 2. The van der Waals surface area contributed by atoms with Gasteiger partial charge in [-0.25, -0.2) is 0 Å². The standard InChI is InChI=1S/C10H19N/c1-7(6-11)4-10-8(2)5-9(10)3/h5,7-8,10H,4,6,11H2,1-3H3. The molecule has 0 heterocycles. The van der Waals surface area contributed by atoms with Crippen molar-refractivity contribution in [3.63, 3.8) is 0 Å². The smallest absolute Gasteiger partial charge is 0.00513 e. The van der Waals surface area contributed by atoms with Crippen molar-refractivity contribution in [2.45, 2.75) is 27.2 Å². The van der Waals surface area contributed by atoms with Gasteiger partial charge in [-0.3, -0.25) is 0 Å². The van der Waals surface area contributed by atoms with Gasteiger partial charge in [0, 0.05) is 0 Å². The lowest BCUT2D eigenvalue weighted by molar-refractivity contribution is 0.339. The van der Waals surface area contributed by atoms with Crippen LogP contribution in [0.2, 0.25) is 0 Å². The van der Waals surface area contributed by atoms with E-state index < -0.39 is 0 Å². The third kappa shape index (κ3) is 1.84. The average molecular weight is 153 g/mol. The predicted octanol–water partition coefficient (Wildman–Crippen LogP) is 2.18. The lowest BCUT2D eigenvalue weighted by Crippen LogP contribution is -2.25. The lowest BCUT2D eigenvalue weighted by atomic mass is 9.72. The van der Waals surface area contributed by atoms with E-state index in [1.807, 2.05) is 0 Å². The molecule has 0 aliphatic heterocycles. The summed E-state index contributed by atoms with van der Waals surface area (Å²) in [6.07, 6.45) is 3.63. The number of hydrogen-bond acceptors (Lipinski definition) is 1. The molecule has 64 valence electrons. The average Bonchev–Trinajstić information content (AvgIpc) is 2.00. The number of rotatable bonds is 3. The molecule has 1 nitrogen and oxygen atoms in total. The van der Waals surface area contributed by atoms with E-state index in [1.165, 1.54) is 6.42 Å². The van der Waals surface area contributed by atoms with Crippen molar-refractivity contribution >= 4 is 0 Å². The minimum atomic E-state index is 0.686. The molecule has 2 N–H and O–H groups in total. The molecule has 0 amide bonds. The summed E-state index contributed by atoms with van der Waals surface area (Å²) < 4.78 is 0. The highest BCUT2D eigenvalue weighted by Crippen LogP contribution is 2.37. The summed E-state index contributed by atoms with van der Waals surface area (Å²) in [7, 11) is 0. The Morgan fingerprint density at radius 2 is 2.27 bits per heavy atom. The van der Waals surface area contributed by atoms with E-state index in [9.17, 15) is 0 Å². The Morgan fingerprint density at radius 3 is 2.64 bits per heavy atom. The Hall–Kier alpha value is -0.300. The maximum absolute atomic E-state index is 5.57. The van der Waals surface area contributed by atoms with Crippen molar-refractivity contribution in [3.05, 3.63) is 11.6 Å². The Morgan fingerprint density at radius 1 is 1.64 bits per heavy atom. The van der Waals surface area contributed by atoms with E-state index in [0.29, 0.717) is 5.92 Å². The largest absolute Gasteiger partial charge is 0.330 e. The van der Waals surface area contributed by atoms with Crippen LogP contribution in [0, 0.1) is 17.8 Å². The first kappa shape index (κ1) is 8.79. The maximum Gasteiger partial charge on any atom is -0.00513 e. The van der Waals surface area contributed by atoms with Crippen molar-refractivity contribution in [1.29, 1.82) is 0 Å². The molecular formula is C10H19N. The van der Waals surface area contributed by atoms with Gasteiger partial charge in [0.25, 0.3) is 0 Å². The molecule has 0 fully saturated rings. The van der Waals surface area contributed by atoms with E-state index in [-0.39, 0.29) is 0 Å². The normalized spacial score (nSPS) is 32.5. The Kier molecular flexibility index (Phi) is 2.72. The monoisotopic (exact) mass is 153 g/mol. The van der Waals surface area contributed by atoms with Gasteiger partial charge in [0.05, 0.1) is 0 Å². The third-order valence-electron chi connectivity index (χ3n) is 2.80. The van der Waals surface area contributed by atoms with Gasteiger partial charge in [0.1, 0.15) is 0 Å². The number of hydrogen-bond donors (Lipinski definition) is 1. The second-order valence-electron chi connectivity index (χ2n) is 3.95. The molecule has 1 heteroatoms. The summed E-state index contributed by atoms with van der Waals surface area (Å²) in [5, 5.41) is 0. The van der Waals surface area contributed by atoms with E-state index in [4.69, 9.17) is 5.73 Å². The SMILES string of the molecule is CC1=CC(C)C1CC(C)CN. The molecule has 3 unspecified atom stereocenters. The summed E-state index contributed by atoms with van der Waals surface area (Å²) in [5.74, 6) is 2.31. The zero-order valence-corrected chi connectivity index (χ0v) is 7.80. The van der Waals surface area contributed by atoms with Gasteiger partial charge in [-0.2, -0.15) is 0 Å². The molecule has 0 spiro atoms. The Labute approximate surface area is 69.7 Å². The van der Waals surface area contributed by atoms with Crippen LogP contribution >= 0.6 is 0 Å². The summed E-state index contributed by atoms with van der Waals surface area (Å²) in [5.41, 5.74) is 7.14. The molecule has 0 aromatic carbocycles. The fraction of sp³-hybridized carbons (Fsp3) is 0.800. The Bertz CT molecular complexity index is 160. The molecule has 0 aromatic heterocycles. The van der Waals surface area contributed by atoms with Crippen molar-refractivity contribution in [3.8, 4) is 0 Å². The molecule has 1 aliphatic rings. The lowest BCUT2D eigenvalue weighted by Gasteiger charge is -2.33. The molecule has 1 rings (SSSR count). The molecule has 0 saturated heterocycles. The van der Waals surface area contributed by atoms with Gasteiger partial charge in [-0.05, 0) is 37.6 Å². The van der Waals surface area contributed by atoms with E-state index in [2.05, 4.69) is 26.8 Å². The summed E-state index contributed by atoms with van der Waals surface area (Å²) >= 11 is 0. The van der Waals surface area contributed by atoms with Crippen molar-refractivity contribution < 1.29 is 0 Å². The maximum atomic E-state index is 5.57. The first-order valence-electron chi connectivity index (χ1n) is 4.53. The van der Waals surface area contributed by atoms with Gasteiger partial charge < -0.3 is 5.73 Å². The molecule has 0 radical (unpaired) electrons. The molecule has 11 heavy (non-hydrogen) atoms. The van der Waals surface area contributed by atoms with Crippen LogP contribution in [0.15, 0.2) is 11.6 Å². The van der Waals surface area contributed by atoms with Crippen LogP contribution in [0.3, 0.4) is 0 Å². The fourth-order valence-corrected chi connectivity index (χ4v) is 1.88. The van der Waals surface area contributed by atoms with Crippen molar-refractivity contribution in [2.75, 3.05) is 6.54 Å². The van der Waals surface area contributed by atoms with Crippen LogP contribution in [-0.2, 0) is 0 Å². The van der Waals surface area contributed by atoms with Crippen LogP contribution in [0.5, 0.6) is 0 Å². The molecule has 0 saturated carbocycles. The summed E-state index contributed by atoms with van der Waals surface area (Å²) in [6.45, 7) is 7.59. The first-order chi connectivity index (χ1) is 5.15. The van der Waals surface area contributed by atoms with E-state index >= 15 is 0 Å². The van der Waals surface area contributed by atoms with Crippen molar-refractivity contribution in [2.24, 2.45) is 23.5 Å². The van der Waals surface area contributed by atoms with Crippen molar-refractivity contribution in [1.82, 2.24) is 0 Å². The third-order valence-corrected chi connectivity index (χ3v) is 2.80. The molecule has 1 aliphatic carbocycles. The zero-order chi connectivity index (χ0) is 8.43. The molecular weight excluding hydrogens is 134 g/mol. The molecule has 0 aromatic rings. The van der Waals surface area contributed by atoms with Gasteiger partial charge in [0.2, 0.25) is 0 Å². The highest BCUT2D eigenvalue weighted by atomic mass is 14.5. The topological polar surface area (TPSA) is 26.0 Å². The second kappa shape index (κ2) is 3.40. The Balaban J connectivity index is 2.34. The highest BCUT2D eigenvalue weighted by molar-refractivity contribution is 5.18. The summed E-state index contributed by atoms with van der Waals surface area (Å²) in [4.78, 5) is 0. The first-order valence-corrected chi connectivity index (χ1v) is 4.53. The van der Waals surface area contributed by atoms with Gasteiger partial charge in [0.15, 0.2) is 0 Å². The van der Waals surface area contributed by atoms with Crippen LogP contribution < -0.4 is 5.73 Å². The van der Waals surface area contributed by atoms with Crippen LogP contribution in [0.25, 0.3) is 0 Å². The quantitative estimate of drug-likeness (QED) is 0.618. The minimum absolute atomic E-state index is 0.686. The van der Waals surface area contributed by atoms with Gasteiger partial charge >= 0.3 is 0 Å². The predicted molar refractivity (Wildman–Crippen MR) is 49.2 cm³/mol. The fourth-order valence-electron chi connectivity index (χ4n) is 1.88. The highest BCUT2D eigenvalue weighted by Gasteiger charge is 2.26. The number of nitrogens with two attached hydrogens (primary N) is 1. The van der Waals surface area contributed by atoms with Crippen LogP contribution in [-0.4, -0.2) is 6.54 Å². The van der Waals surface area contributed by atoms with Crippen LogP contribution in [0.1, 0.15) is 27.2 Å². The summed E-state index contributed by atoms with van der Waals surface area (Å²) in [6, 6.07) is 0. The van der Waals surface area contributed by atoms with Gasteiger partial charge in [-0.15, -0.1) is 0 Å². The second-order valence-corrected chi connectivity index (χ2v) is 3.95. The molecule has 0 bridgehead atoms. The molecule has 3 atom stereocenters. The van der Waals surface area contributed by atoms with E-state index in [1.54, 1.807) is 5.57 Å². The van der Waals surface area contributed by atoms with Crippen LogP contribution in [0.4, 0.5) is 0 Å². The minimum Gasteiger partial charge on any atom is -0.330 e.